The highest BCUT2D eigenvalue weighted by Crippen LogP contribution is 2.34. The number of non-ortho nitro benzene ring substituents is 1. The summed E-state index contributed by atoms with van der Waals surface area (Å²) in [5, 5.41) is 28.2. The van der Waals surface area contributed by atoms with Gasteiger partial charge in [-0.15, -0.1) is 5.10 Å². The number of nitro benzene ring substituents is 1. The zero-order chi connectivity index (χ0) is 23.5. The third-order valence-electron chi connectivity index (χ3n) is 4.32. The first-order valence-corrected chi connectivity index (χ1v) is 10.7. The van der Waals surface area contributed by atoms with Gasteiger partial charge in [0.25, 0.3) is 5.69 Å². The van der Waals surface area contributed by atoms with Gasteiger partial charge in [-0.2, -0.15) is 0 Å². The molecule has 0 aliphatic heterocycles. The second-order valence-corrected chi connectivity index (χ2v) is 8.37. The van der Waals surface area contributed by atoms with Gasteiger partial charge in [0.05, 0.1) is 9.95 Å². The van der Waals surface area contributed by atoms with Crippen LogP contribution in [0.25, 0.3) is 28.8 Å². The molecule has 166 valence electrons. The van der Waals surface area contributed by atoms with E-state index in [0.29, 0.717) is 22.2 Å². The molecule has 4 aromatic rings. The fourth-order valence-electron chi connectivity index (χ4n) is 2.78. The van der Waals surface area contributed by atoms with Crippen molar-refractivity contribution >= 4 is 52.7 Å². The maximum absolute atomic E-state index is 11.8. The number of thioether (sulfide) groups is 1. The molecule has 0 aliphatic carbocycles. The van der Waals surface area contributed by atoms with Crippen molar-refractivity contribution in [3.63, 3.8) is 0 Å². The van der Waals surface area contributed by atoms with Gasteiger partial charge in [-0.1, -0.05) is 23.2 Å². The summed E-state index contributed by atoms with van der Waals surface area (Å²) in [6.07, 6.45) is 1.33. The standard InChI is InChI=1S/C21H12Cl2N4O5S/c22-12-3-1-11(2-4-12)19-24-21(26-25-19)33-18(20(28)29)10-14-6-8-17(32-14)15-7-5-13(27(30)31)9-16(15)23/h1-10H,(H,28,29)(H,24,25,26)/b18-10-. The average molecular weight is 503 g/mol. The highest BCUT2D eigenvalue weighted by molar-refractivity contribution is 8.04. The number of furan rings is 1. The Kier molecular flexibility index (Phi) is 6.50. The molecular formula is C21H12Cl2N4O5S. The largest absolute Gasteiger partial charge is 0.477 e. The number of hydrogen-bond acceptors (Lipinski definition) is 7. The third kappa shape index (κ3) is 5.25. The van der Waals surface area contributed by atoms with Gasteiger partial charge in [-0.3, -0.25) is 15.2 Å². The summed E-state index contributed by atoms with van der Waals surface area (Å²) >= 11 is 12.9. The molecule has 0 atom stereocenters. The number of rotatable bonds is 7. The van der Waals surface area contributed by atoms with E-state index in [0.717, 1.165) is 17.3 Å². The van der Waals surface area contributed by atoms with Gasteiger partial charge >= 0.3 is 5.97 Å². The van der Waals surface area contributed by atoms with E-state index in [4.69, 9.17) is 27.6 Å². The van der Waals surface area contributed by atoms with Crippen LogP contribution in [0.15, 0.2) is 69.1 Å². The van der Waals surface area contributed by atoms with Crippen LogP contribution < -0.4 is 0 Å². The van der Waals surface area contributed by atoms with E-state index < -0.39 is 10.9 Å². The van der Waals surface area contributed by atoms with Crippen LogP contribution in [0.1, 0.15) is 5.76 Å². The summed E-state index contributed by atoms with van der Waals surface area (Å²) in [5.74, 6) is -0.146. The topological polar surface area (TPSA) is 135 Å². The first kappa shape index (κ1) is 22.6. The van der Waals surface area contributed by atoms with Gasteiger partial charge in [0.1, 0.15) is 16.4 Å². The van der Waals surface area contributed by atoms with Gasteiger partial charge in [0, 0.05) is 34.4 Å². The molecule has 0 unspecified atom stereocenters. The molecule has 4 rings (SSSR count). The molecule has 0 amide bonds. The number of nitro groups is 1. The number of aromatic amines is 1. The number of aromatic nitrogens is 3. The van der Waals surface area contributed by atoms with Crippen LogP contribution >= 0.6 is 35.0 Å². The number of nitrogens with one attached hydrogen (secondary N) is 1. The van der Waals surface area contributed by atoms with Gasteiger partial charge in [-0.05, 0) is 54.2 Å². The third-order valence-corrected chi connectivity index (χ3v) is 5.77. The minimum Gasteiger partial charge on any atom is -0.477 e. The molecule has 0 saturated carbocycles. The lowest BCUT2D eigenvalue weighted by Crippen LogP contribution is -1.97. The summed E-state index contributed by atoms with van der Waals surface area (Å²) < 4.78 is 5.69. The summed E-state index contributed by atoms with van der Waals surface area (Å²) in [4.78, 5) is 26.3. The number of benzene rings is 2. The van der Waals surface area contributed by atoms with Crippen molar-refractivity contribution in [2.24, 2.45) is 0 Å². The van der Waals surface area contributed by atoms with Crippen LogP contribution in [-0.4, -0.2) is 31.2 Å². The minimum atomic E-state index is -1.19. The van der Waals surface area contributed by atoms with Gasteiger partial charge in [-0.25, -0.2) is 9.78 Å². The second kappa shape index (κ2) is 9.49. The number of hydrogen-bond donors (Lipinski definition) is 2. The first-order chi connectivity index (χ1) is 15.8. The van der Waals surface area contributed by atoms with Crippen LogP contribution in [0.2, 0.25) is 10.0 Å². The van der Waals surface area contributed by atoms with E-state index in [1.165, 1.54) is 24.3 Å². The predicted molar refractivity (Wildman–Crippen MR) is 124 cm³/mol. The SMILES string of the molecule is O=C(O)/C(=C/c1ccc(-c2ccc([N+](=O)[O-])cc2Cl)o1)Sc1n[nH]c(-c2ccc(Cl)cc2)n1. The normalized spacial score (nSPS) is 11.5. The number of halogens is 2. The van der Waals surface area contributed by atoms with Crippen LogP contribution in [0.5, 0.6) is 0 Å². The first-order valence-electron chi connectivity index (χ1n) is 9.15. The molecule has 12 heteroatoms. The Morgan fingerprint density at radius 2 is 1.91 bits per heavy atom. The molecule has 2 heterocycles. The number of nitrogens with zero attached hydrogens (tertiary/aromatic N) is 3. The number of carboxylic acids is 1. The molecule has 2 aromatic heterocycles. The van der Waals surface area contributed by atoms with Crippen molar-refractivity contribution in [3.8, 4) is 22.7 Å². The predicted octanol–water partition coefficient (Wildman–Crippen LogP) is 6.16. The van der Waals surface area contributed by atoms with E-state index in [9.17, 15) is 20.0 Å². The highest BCUT2D eigenvalue weighted by Gasteiger charge is 2.17. The van der Waals surface area contributed by atoms with Crippen LogP contribution in [-0.2, 0) is 4.79 Å². The molecule has 2 N–H and O–H groups in total. The van der Waals surface area contributed by atoms with E-state index in [1.807, 2.05) is 0 Å². The Bertz CT molecular complexity index is 1380. The van der Waals surface area contributed by atoms with E-state index >= 15 is 0 Å². The lowest BCUT2D eigenvalue weighted by Gasteiger charge is -2.01. The summed E-state index contributed by atoms with van der Waals surface area (Å²) in [6.45, 7) is 0. The molecule has 0 saturated heterocycles. The van der Waals surface area contributed by atoms with Gasteiger partial charge in [0.2, 0.25) is 5.16 Å². The fourth-order valence-corrected chi connectivity index (χ4v) is 3.87. The fraction of sp³-hybridized carbons (Fsp3) is 0. The van der Waals surface area contributed by atoms with Gasteiger partial charge < -0.3 is 9.52 Å². The Morgan fingerprint density at radius 3 is 2.58 bits per heavy atom. The Morgan fingerprint density at radius 1 is 1.15 bits per heavy atom. The van der Waals surface area contributed by atoms with Crippen LogP contribution in [0, 0.1) is 10.1 Å². The summed E-state index contributed by atoms with van der Waals surface area (Å²) in [6, 6.07) is 14.1. The van der Waals surface area contributed by atoms with Crippen molar-refractivity contribution in [1.82, 2.24) is 15.2 Å². The van der Waals surface area contributed by atoms with Crippen molar-refractivity contribution in [1.29, 1.82) is 0 Å². The molecule has 0 fully saturated rings. The highest BCUT2D eigenvalue weighted by atomic mass is 35.5. The van der Waals surface area contributed by atoms with Crippen LogP contribution in [0.4, 0.5) is 5.69 Å². The van der Waals surface area contributed by atoms with E-state index in [-0.39, 0.29) is 26.5 Å². The molecular weight excluding hydrogens is 491 g/mol. The number of H-pyrrole nitrogens is 1. The minimum absolute atomic E-state index is 0.0765. The van der Waals surface area contributed by atoms with Gasteiger partial charge in [0.15, 0.2) is 5.82 Å². The number of carboxylic acid groups (broad SMARTS) is 1. The summed E-state index contributed by atoms with van der Waals surface area (Å²) in [5.41, 5.74) is 1.03. The smallest absolute Gasteiger partial charge is 0.342 e. The van der Waals surface area contributed by atoms with Crippen molar-refractivity contribution in [3.05, 3.63) is 85.4 Å². The number of carbonyl (C=O) groups is 1. The average Bonchev–Trinajstić information content (AvgIpc) is 3.43. The molecule has 0 aliphatic rings. The lowest BCUT2D eigenvalue weighted by molar-refractivity contribution is -0.384. The van der Waals surface area contributed by atoms with Crippen molar-refractivity contribution in [2.75, 3.05) is 0 Å². The quantitative estimate of drug-likeness (QED) is 0.132. The van der Waals surface area contributed by atoms with E-state index in [2.05, 4.69) is 15.2 Å². The van der Waals surface area contributed by atoms with Crippen molar-refractivity contribution < 1.29 is 19.2 Å². The monoisotopic (exact) mass is 502 g/mol. The maximum Gasteiger partial charge on any atom is 0.342 e. The zero-order valence-electron chi connectivity index (χ0n) is 16.4. The molecule has 9 nitrogen and oxygen atoms in total. The Labute approximate surface area is 200 Å². The Balaban J connectivity index is 1.56. The number of aliphatic carboxylic acids is 1. The lowest BCUT2D eigenvalue weighted by atomic mass is 10.1. The molecule has 33 heavy (non-hydrogen) atoms. The summed E-state index contributed by atoms with van der Waals surface area (Å²) in [7, 11) is 0. The second-order valence-electron chi connectivity index (χ2n) is 6.51. The van der Waals surface area contributed by atoms with Crippen LogP contribution in [0.3, 0.4) is 0 Å². The maximum atomic E-state index is 11.8. The molecule has 2 aromatic carbocycles. The molecule has 0 spiro atoms. The van der Waals surface area contributed by atoms with Crippen molar-refractivity contribution in [2.45, 2.75) is 5.16 Å². The molecule has 0 bridgehead atoms. The van der Waals surface area contributed by atoms with E-state index in [1.54, 1.807) is 36.4 Å². The molecule has 0 radical (unpaired) electrons. The zero-order valence-corrected chi connectivity index (χ0v) is 18.7. The Hall–Kier alpha value is -3.60.